The second-order valence-corrected chi connectivity index (χ2v) is 8.15. The summed E-state index contributed by atoms with van der Waals surface area (Å²) in [6, 6.07) is 14.5. The van der Waals surface area contributed by atoms with Gasteiger partial charge < -0.3 is 15.0 Å². The smallest absolute Gasteiger partial charge is 0.256 e. The lowest BCUT2D eigenvalue weighted by Gasteiger charge is -2.27. The molecule has 0 unspecified atom stereocenters. The number of carbonyl (C=O) groups excluding carboxylic acids is 2. The van der Waals surface area contributed by atoms with Crippen molar-refractivity contribution in [3.05, 3.63) is 76.1 Å². The number of carbonyl (C=O) groups is 2. The van der Waals surface area contributed by atoms with Crippen LogP contribution in [0.2, 0.25) is 5.02 Å². The van der Waals surface area contributed by atoms with Crippen LogP contribution in [0.3, 0.4) is 0 Å². The van der Waals surface area contributed by atoms with E-state index in [1.54, 1.807) is 29.2 Å². The van der Waals surface area contributed by atoms with Gasteiger partial charge in [-0.05, 0) is 50.2 Å². The predicted octanol–water partition coefficient (Wildman–Crippen LogP) is 3.80. The summed E-state index contributed by atoms with van der Waals surface area (Å²) in [5.74, 6) is -0.304. The monoisotopic (exact) mass is 452 g/mol. The number of nitrogens with one attached hydrogen (secondary N) is 1. The highest BCUT2D eigenvalue weighted by Gasteiger charge is 2.22. The van der Waals surface area contributed by atoms with Crippen LogP contribution < -0.4 is 5.32 Å². The van der Waals surface area contributed by atoms with Crippen molar-refractivity contribution in [2.75, 3.05) is 31.6 Å². The van der Waals surface area contributed by atoms with Gasteiger partial charge in [0.25, 0.3) is 5.91 Å². The molecule has 1 aromatic heterocycles. The Morgan fingerprint density at radius 1 is 1.06 bits per heavy atom. The molecule has 1 aliphatic rings. The third-order valence-corrected chi connectivity index (χ3v) is 5.83. The highest BCUT2D eigenvalue weighted by atomic mass is 35.5. The Morgan fingerprint density at radius 3 is 2.47 bits per heavy atom. The van der Waals surface area contributed by atoms with Gasteiger partial charge in [0, 0.05) is 29.4 Å². The van der Waals surface area contributed by atoms with Gasteiger partial charge in [-0.3, -0.25) is 9.59 Å². The number of aromatic nitrogens is 2. The Kier molecular flexibility index (Phi) is 6.58. The van der Waals surface area contributed by atoms with Crippen LogP contribution in [0, 0.1) is 13.8 Å². The standard InChI is InChI=1S/C24H25ClN4O3/c1-16-21(17(2)29(27-16)19-9-7-18(25)8-10-19)15-23(30)26-22-6-4-3-5-20(22)24(31)28-11-13-32-14-12-28/h3-10H,11-15H2,1-2H3,(H,26,30). The summed E-state index contributed by atoms with van der Waals surface area (Å²) in [7, 11) is 0. The van der Waals surface area contributed by atoms with E-state index < -0.39 is 0 Å². The van der Waals surface area contributed by atoms with E-state index in [1.165, 1.54) is 0 Å². The van der Waals surface area contributed by atoms with Crippen molar-refractivity contribution in [1.29, 1.82) is 0 Å². The number of hydrogen-bond donors (Lipinski definition) is 1. The second kappa shape index (κ2) is 9.54. The topological polar surface area (TPSA) is 76.5 Å². The van der Waals surface area contributed by atoms with E-state index in [9.17, 15) is 9.59 Å². The highest BCUT2D eigenvalue weighted by Crippen LogP contribution is 2.22. The van der Waals surface area contributed by atoms with Crippen LogP contribution in [0.25, 0.3) is 5.69 Å². The number of hydrogen-bond acceptors (Lipinski definition) is 4. The molecule has 4 rings (SSSR count). The zero-order valence-corrected chi connectivity index (χ0v) is 18.9. The van der Waals surface area contributed by atoms with Crippen molar-refractivity contribution in [3.8, 4) is 5.69 Å². The average molecular weight is 453 g/mol. The molecule has 7 nitrogen and oxygen atoms in total. The molecule has 0 bridgehead atoms. The first-order valence-corrected chi connectivity index (χ1v) is 10.9. The van der Waals surface area contributed by atoms with Crippen LogP contribution in [0.1, 0.15) is 27.3 Å². The molecule has 1 aliphatic heterocycles. The molecule has 8 heteroatoms. The lowest BCUT2D eigenvalue weighted by atomic mass is 10.1. The fraction of sp³-hybridized carbons (Fsp3) is 0.292. The van der Waals surface area contributed by atoms with Crippen LogP contribution in [-0.4, -0.2) is 52.8 Å². The van der Waals surface area contributed by atoms with Crippen molar-refractivity contribution >= 4 is 29.1 Å². The molecule has 0 aliphatic carbocycles. The number of benzene rings is 2. The molecule has 1 fully saturated rings. The third-order valence-electron chi connectivity index (χ3n) is 5.58. The molecular weight excluding hydrogens is 428 g/mol. The van der Waals surface area contributed by atoms with Crippen LogP contribution in [-0.2, 0) is 16.0 Å². The summed E-state index contributed by atoms with van der Waals surface area (Å²) >= 11 is 5.99. The van der Waals surface area contributed by atoms with Gasteiger partial charge in [0.05, 0.1) is 42.3 Å². The number of aryl methyl sites for hydroxylation is 1. The number of morpholine rings is 1. The maximum Gasteiger partial charge on any atom is 0.256 e. The van der Waals surface area contributed by atoms with Crippen molar-refractivity contribution in [3.63, 3.8) is 0 Å². The maximum atomic E-state index is 12.9. The lowest BCUT2D eigenvalue weighted by molar-refractivity contribution is -0.115. The van der Waals surface area contributed by atoms with Crippen molar-refractivity contribution in [2.24, 2.45) is 0 Å². The van der Waals surface area contributed by atoms with Crippen LogP contribution >= 0.6 is 11.6 Å². The molecule has 2 amide bonds. The first-order valence-electron chi connectivity index (χ1n) is 10.5. The molecule has 0 atom stereocenters. The van der Waals surface area contributed by atoms with E-state index in [0.717, 1.165) is 22.6 Å². The summed E-state index contributed by atoms with van der Waals surface area (Å²) in [6.07, 6.45) is 0.158. The summed E-state index contributed by atoms with van der Waals surface area (Å²) < 4.78 is 7.14. The Hall–Kier alpha value is -3.16. The zero-order valence-electron chi connectivity index (χ0n) is 18.1. The number of rotatable bonds is 5. The first kappa shape index (κ1) is 22.0. The number of ether oxygens (including phenoxy) is 1. The molecule has 2 heterocycles. The Balaban J connectivity index is 1.51. The van der Waals surface area contributed by atoms with E-state index in [-0.39, 0.29) is 18.2 Å². The van der Waals surface area contributed by atoms with E-state index >= 15 is 0 Å². The molecule has 1 N–H and O–H groups in total. The number of anilines is 1. The maximum absolute atomic E-state index is 12.9. The fourth-order valence-electron chi connectivity index (χ4n) is 3.83. The van der Waals surface area contributed by atoms with Crippen LogP contribution in [0.4, 0.5) is 5.69 Å². The first-order chi connectivity index (χ1) is 15.4. The molecule has 0 spiro atoms. The predicted molar refractivity (Wildman–Crippen MR) is 124 cm³/mol. The zero-order chi connectivity index (χ0) is 22.7. The van der Waals surface area contributed by atoms with E-state index in [1.807, 2.05) is 42.8 Å². The van der Waals surface area contributed by atoms with Crippen molar-refractivity contribution < 1.29 is 14.3 Å². The lowest BCUT2D eigenvalue weighted by Crippen LogP contribution is -2.41. The highest BCUT2D eigenvalue weighted by molar-refractivity contribution is 6.30. The molecule has 2 aromatic carbocycles. The third kappa shape index (κ3) is 4.69. The van der Waals surface area contributed by atoms with Gasteiger partial charge in [-0.15, -0.1) is 0 Å². The molecule has 32 heavy (non-hydrogen) atoms. The van der Waals surface area contributed by atoms with Crippen molar-refractivity contribution in [2.45, 2.75) is 20.3 Å². The molecule has 0 saturated carbocycles. The molecule has 0 radical (unpaired) electrons. The van der Waals surface area contributed by atoms with Gasteiger partial charge in [0.15, 0.2) is 0 Å². The minimum absolute atomic E-state index is 0.105. The summed E-state index contributed by atoms with van der Waals surface area (Å²) in [5, 5.41) is 8.17. The largest absolute Gasteiger partial charge is 0.378 e. The molecular formula is C24H25ClN4O3. The summed E-state index contributed by atoms with van der Waals surface area (Å²) in [4.78, 5) is 27.6. The summed E-state index contributed by atoms with van der Waals surface area (Å²) in [5.41, 5.74) is 4.39. The Morgan fingerprint density at radius 2 is 1.75 bits per heavy atom. The van der Waals surface area contributed by atoms with E-state index in [0.29, 0.717) is 42.6 Å². The Labute approximate surface area is 191 Å². The molecule has 3 aromatic rings. The van der Waals surface area contributed by atoms with Gasteiger partial charge in [-0.2, -0.15) is 5.10 Å². The number of amides is 2. The van der Waals surface area contributed by atoms with Crippen molar-refractivity contribution in [1.82, 2.24) is 14.7 Å². The van der Waals surface area contributed by atoms with Gasteiger partial charge in [0.2, 0.25) is 5.91 Å². The minimum Gasteiger partial charge on any atom is -0.378 e. The normalized spacial score (nSPS) is 13.8. The minimum atomic E-state index is -0.200. The van der Waals surface area contributed by atoms with Crippen LogP contribution in [0.15, 0.2) is 48.5 Å². The quantitative estimate of drug-likeness (QED) is 0.638. The second-order valence-electron chi connectivity index (χ2n) is 7.71. The van der Waals surface area contributed by atoms with E-state index in [4.69, 9.17) is 16.3 Å². The van der Waals surface area contributed by atoms with E-state index in [2.05, 4.69) is 10.4 Å². The molecule has 1 saturated heterocycles. The fourth-order valence-corrected chi connectivity index (χ4v) is 3.96. The molecule has 166 valence electrons. The number of halogens is 1. The summed E-state index contributed by atoms with van der Waals surface area (Å²) in [6.45, 7) is 5.96. The number of nitrogens with zero attached hydrogens (tertiary/aromatic N) is 3. The Bertz CT molecular complexity index is 1130. The SMILES string of the molecule is Cc1nn(-c2ccc(Cl)cc2)c(C)c1CC(=O)Nc1ccccc1C(=O)N1CCOCC1. The average Bonchev–Trinajstić information content (AvgIpc) is 3.08. The van der Waals surface area contributed by atoms with Gasteiger partial charge in [-0.1, -0.05) is 23.7 Å². The van der Waals surface area contributed by atoms with Gasteiger partial charge >= 0.3 is 0 Å². The van der Waals surface area contributed by atoms with Gasteiger partial charge in [-0.25, -0.2) is 4.68 Å². The van der Waals surface area contributed by atoms with Gasteiger partial charge in [0.1, 0.15) is 0 Å². The number of para-hydroxylation sites is 1. The van der Waals surface area contributed by atoms with Crippen LogP contribution in [0.5, 0.6) is 0 Å².